The third kappa shape index (κ3) is 3.86. The van der Waals surface area contributed by atoms with Crippen molar-refractivity contribution < 1.29 is 18.6 Å². The molecule has 1 saturated carbocycles. The molecule has 30 heavy (non-hydrogen) atoms. The molecule has 6 atom stereocenters. The van der Waals surface area contributed by atoms with Gasteiger partial charge in [-0.1, -0.05) is 0 Å². The van der Waals surface area contributed by atoms with Crippen LogP contribution in [0, 0.1) is 5.92 Å². The number of nitrogens with two attached hydrogens (primary N) is 1. The van der Waals surface area contributed by atoms with Gasteiger partial charge in [-0.15, -0.1) is 0 Å². The number of nitrogens with one attached hydrogen (secondary N) is 1. The van der Waals surface area contributed by atoms with E-state index in [1.807, 2.05) is 6.21 Å². The van der Waals surface area contributed by atoms with Crippen molar-refractivity contribution in [3.8, 4) is 0 Å². The second kappa shape index (κ2) is 7.83. The topological polar surface area (TPSA) is 78.1 Å². The molecule has 3 aliphatic carbocycles. The number of nitrogens with zero attached hydrogens (tertiary/aromatic N) is 1. The van der Waals surface area contributed by atoms with Crippen molar-refractivity contribution in [2.24, 2.45) is 16.6 Å². The van der Waals surface area contributed by atoms with Crippen molar-refractivity contribution in [1.82, 2.24) is 5.32 Å². The molecular weight excluding hydrogens is 385 g/mol. The minimum absolute atomic E-state index is 0.0410. The van der Waals surface area contributed by atoms with Crippen LogP contribution in [0.15, 0.2) is 27.8 Å². The van der Waals surface area contributed by atoms with Crippen LogP contribution in [0.2, 0.25) is 0 Å². The first-order valence-electron chi connectivity index (χ1n) is 11.4. The smallest absolute Gasteiger partial charge is 0.149 e. The van der Waals surface area contributed by atoms with Gasteiger partial charge in [-0.25, -0.2) is 4.39 Å². The van der Waals surface area contributed by atoms with Gasteiger partial charge in [0.2, 0.25) is 0 Å². The number of hydrogen-bond acceptors (Lipinski definition) is 6. The van der Waals surface area contributed by atoms with E-state index in [0.717, 1.165) is 61.3 Å². The second-order valence-electron chi connectivity index (χ2n) is 9.82. The van der Waals surface area contributed by atoms with Crippen molar-refractivity contribution >= 4 is 6.21 Å². The summed E-state index contributed by atoms with van der Waals surface area (Å²) in [6.07, 6.45) is 7.09. The van der Waals surface area contributed by atoms with E-state index in [0.29, 0.717) is 25.5 Å². The molecule has 5 rings (SSSR count). The first-order valence-corrected chi connectivity index (χ1v) is 11.4. The first kappa shape index (κ1) is 20.3. The van der Waals surface area contributed by atoms with E-state index in [2.05, 4.69) is 12.2 Å². The Balaban J connectivity index is 1.26. The van der Waals surface area contributed by atoms with Crippen LogP contribution in [-0.4, -0.2) is 55.9 Å². The first-order chi connectivity index (χ1) is 14.5. The fourth-order valence-electron chi connectivity index (χ4n) is 5.39. The Kier molecular flexibility index (Phi) is 5.30. The van der Waals surface area contributed by atoms with Crippen LogP contribution >= 0.6 is 0 Å². The third-order valence-electron chi connectivity index (χ3n) is 7.43. The monoisotopic (exact) mass is 419 g/mol. The van der Waals surface area contributed by atoms with Crippen LogP contribution in [0.3, 0.4) is 0 Å². The highest BCUT2D eigenvalue weighted by atomic mass is 19.1. The van der Waals surface area contributed by atoms with Gasteiger partial charge >= 0.3 is 0 Å². The Labute approximate surface area is 178 Å². The third-order valence-corrected chi connectivity index (χ3v) is 7.43. The number of aliphatic imine (C=N–C) groups is 1. The molecule has 6 nitrogen and oxygen atoms in total. The Morgan fingerprint density at radius 2 is 2.07 bits per heavy atom. The number of alkyl halides is 1. The van der Waals surface area contributed by atoms with Crippen molar-refractivity contribution in [2.75, 3.05) is 13.7 Å². The van der Waals surface area contributed by atoms with Gasteiger partial charge in [0.25, 0.3) is 0 Å². The number of ether oxygens (including phenoxy) is 3. The standard InChI is InChI=1S/C23H34FN3O3/c1-13-9-15-16(27-13)3-4-19(22(15)24)30-18-5-8-26-17-11-21(20(28-2)10-14(17)18)29-12-23(25)6-7-23/h8,13-14,17-19,22,27H,3-7,9-12,25H2,1-2H3/t13?,14-,17+,18?,19+,22?/m1/s1. The normalized spacial score (nSPS) is 39.3. The molecule has 166 valence electrons. The lowest BCUT2D eigenvalue weighted by Gasteiger charge is -2.41. The van der Waals surface area contributed by atoms with Crippen molar-refractivity contribution in [1.29, 1.82) is 0 Å². The van der Waals surface area contributed by atoms with Gasteiger partial charge in [-0.3, -0.25) is 4.99 Å². The molecular formula is C23H34FN3O3. The molecule has 0 spiro atoms. The minimum atomic E-state index is -1.01. The average molecular weight is 420 g/mol. The van der Waals surface area contributed by atoms with Crippen LogP contribution in [0.5, 0.6) is 0 Å². The van der Waals surface area contributed by atoms with Crippen LogP contribution in [0.1, 0.15) is 58.3 Å². The van der Waals surface area contributed by atoms with Crippen LogP contribution in [-0.2, 0) is 14.2 Å². The minimum Gasteiger partial charge on any atom is -0.498 e. The summed E-state index contributed by atoms with van der Waals surface area (Å²) in [6.45, 7) is 2.64. The highest BCUT2D eigenvalue weighted by Gasteiger charge is 2.44. The van der Waals surface area contributed by atoms with Gasteiger partial charge in [0.05, 0.1) is 30.9 Å². The maximum atomic E-state index is 15.3. The zero-order valence-electron chi connectivity index (χ0n) is 18.0. The van der Waals surface area contributed by atoms with E-state index in [4.69, 9.17) is 24.9 Å². The lowest BCUT2D eigenvalue weighted by Crippen LogP contribution is -2.44. The van der Waals surface area contributed by atoms with Crippen LogP contribution in [0.25, 0.3) is 0 Å². The molecule has 2 aliphatic heterocycles. The molecule has 2 heterocycles. The van der Waals surface area contributed by atoms with E-state index in [1.54, 1.807) is 7.11 Å². The number of fused-ring (bicyclic) bond motifs is 1. The highest BCUT2D eigenvalue weighted by molar-refractivity contribution is 5.60. The largest absolute Gasteiger partial charge is 0.498 e. The Bertz CT molecular complexity index is 776. The molecule has 0 radical (unpaired) electrons. The Morgan fingerprint density at radius 1 is 1.23 bits per heavy atom. The van der Waals surface area contributed by atoms with Crippen LogP contribution < -0.4 is 11.1 Å². The number of methoxy groups -OCH3 is 1. The molecule has 3 unspecified atom stereocenters. The summed E-state index contributed by atoms with van der Waals surface area (Å²) in [5.41, 5.74) is 8.05. The predicted octanol–water partition coefficient (Wildman–Crippen LogP) is 3.13. The maximum absolute atomic E-state index is 15.3. The fourth-order valence-corrected chi connectivity index (χ4v) is 5.39. The summed E-state index contributed by atoms with van der Waals surface area (Å²) >= 11 is 0. The molecule has 7 heteroatoms. The summed E-state index contributed by atoms with van der Waals surface area (Å²) in [5.74, 6) is 1.92. The summed E-state index contributed by atoms with van der Waals surface area (Å²) in [7, 11) is 1.69. The van der Waals surface area contributed by atoms with Crippen molar-refractivity contribution in [3.05, 3.63) is 22.8 Å². The van der Waals surface area contributed by atoms with E-state index in [9.17, 15) is 0 Å². The van der Waals surface area contributed by atoms with Gasteiger partial charge in [0, 0.05) is 43.1 Å². The molecule has 0 bridgehead atoms. The maximum Gasteiger partial charge on any atom is 0.149 e. The van der Waals surface area contributed by atoms with E-state index >= 15 is 4.39 Å². The van der Waals surface area contributed by atoms with E-state index < -0.39 is 6.17 Å². The molecule has 0 aromatic carbocycles. The lowest BCUT2D eigenvalue weighted by atomic mass is 9.80. The predicted molar refractivity (Wildman–Crippen MR) is 113 cm³/mol. The van der Waals surface area contributed by atoms with Crippen molar-refractivity contribution in [3.63, 3.8) is 0 Å². The highest BCUT2D eigenvalue weighted by Crippen LogP contribution is 2.42. The van der Waals surface area contributed by atoms with Crippen LogP contribution in [0.4, 0.5) is 4.39 Å². The van der Waals surface area contributed by atoms with Gasteiger partial charge < -0.3 is 25.3 Å². The zero-order chi connectivity index (χ0) is 20.9. The Morgan fingerprint density at radius 3 is 2.83 bits per heavy atom. The SMILES string of the molecule is COC1=C(OCC2(N)CC2)C[C@@H]2N=CCC(O[C@H]3CCC4=C(CC(C)N4)C3F)[C@@H]2C1. The summed E-state index contributed by atoms with van der Waals surface area (Å²) in [4.78, 5) is 4.74. The van der Waals surface area contributed by atoms with Gasteiger partial charge in [0.15, 0.2) is 0 Å². The van der Waals surface area contributed by atoms with Gasteiger partial charge in [0.1, 0.15) is 24.3 Å². The number of allylic oxidation sites excluding steroid dienone is 2. The van der Waals surface area contributed by atoms with Gasteiger partial charge in [-0.05, 0) is 44.6 Å². The lowest BCUT2D eigenvalue weighted by molar-refractivity contribution is -0.0823. The zero-order valence-corrected chi connectivity index (χ0v) is 18.0. The molecule has 0 aromatic heterocycles. The van der Waals surface area contributed by atoms with Crippen molar-refractivity contribution in [2.45, 2.75) is 94.3 Å². The number of rotatable bonds is 6. The molecule has 0 saturated heterocycles. The Hall–Kier alpha value is -1.60. The summed E-state index contributed by atoms with van der Waals surface area (Å²) in [5, 5.41) is 3.42. The molecule has 5 aliphatic rings. The van der Waals surface area contributed by atoms with E-state index in [-0.39, 0.29) is 29.7 Å². The van der Waals surface area contributed by atoms with Gasteiger partial charge in [-0.2, -0.15) is 0 Å². The quantitative estimate of drug-likeness (QED) is 0.692. The molecule has 0 aromatic rings. The fraction of sp³-hybridized carbons (Fsp3) is 0.783. The second-order valence-corrected chi connectivity index (χ2v) is 9.82. The number of halogens is 1. The summed E-state index contributed by atoms with van der Waals surface area (Å²) < 4.78 is 33.4. The number of hydrogen-bond donors (Lipinski definition) is 2. The average Bonchev–Trinajstić information content (AvgIpc) is 3.35. The molecule has 0 amide bonds. The summed E-state index contributed by atoms with van der Waals surface area (Å²) in [6, 6.07) is 0.419. The molecule has 1 fully saturated rings. The van der Waals surface area contributed by atoms with E-state index in [1.165, 1.54) is 0 Å². The molecule has 3 N–H and O–H groups in total.